The Bertz CT molecular complexity index is 419. The predicted octanol–water partition coefficient (Wildman–Crippen LogP) is 2.52. The standard InChI is InChI=1S/C15H20O3/c1-9-4-7-13(16)10(2)5-6-12-11(3)15(17)18-14(12)8-9/h8,12-14,16H,2-7H2,1H3/t12-,13+,14+/m0/s1. The summed E-state index contributed by atoms with van der Waals surface area (Å²) >= 11 is 0. The second kappa shape index (κ2) is 5.11. The Balaban J connectivity index is 2.23. The van der Waals surface area contributed by atoms with Gasteiger partial charge in [0.25, 0.3) is 0 Å². The average Bonchev–Trinajstić information content (AvgIpc) is 2.58. The number of esters is 1. The van der Waals surface area contributed by atoms with Crippen molar-refractivity contribution in [2.45, 2.75) is 44.8 Å². The quantitative estimate of drug-likeness (QED) is 0.407. The van der Waals surface area contributed by atoms with Crippen LogP contribution in [-0.4, -0.2) is 23.3 Å². The normalized spacial score (nSPS) is 33.8. The highest BCUT2D eigenvalue weighted by Crippen LogP contribution is 2.34. The van der Waals surface area contributed by atoms with Crippen molar-refractivity contribution in [2.24, 2.45) is 5.92 Å². The molecule has 1 heterocycles. The SMILES string of the molecule is C=C1CC[C@H]2C(=C)C(=O)O[C@@H]2C=C(C)CC[C@H]1O. The summed E-state index contributed by atoms with van der Waals surface area (Å²) in [6, 6.07) is 0. The van der Waals surface area contributed by atoms with E-state index in [1.165, 1.54) is 0 Å². The van der Waals surface area contributed by atoms with Crippen molar-refractivity contribution in [3.8, 4) is 0 Å². The predicted molar refractivity (Wildman–Crippen MR) is 69.9 cm³/mol. The largest absolute Gasteiger partial charge is 0.454 e. The third-order valence-corrected chi connectivity index (χ3v) is 3.86. The van der Waals surface area contributed by atoms with Crippen molar-refractivity contribution >= 4 is 5.97 Å². The maximum absolute atomic E-state index is 11.6. The van der Waals surface area contributed by atoms with Crippen LogP contribution in [0.1, 0.15) is 32.6 Å². The van der Waals surface area contributed by atoms with E-state index in [1.807, 2.05) is 13.0 Å². The first-order chi connectivity index (χ1) is 8.49. The summed E-state index contributed by atoms with van der Waals surface area (Å²) in [6.07, 6.45) is 4.33. The van der Waals surface area contributed by atoms with Crippen molar-refractivity contribution in [3.05, 3.63) is 36.0 Å². The molecule has 0 radical (unpaired) electrons. The van der Waals surface area contributed by atoms with Crippen LogP contribution < -0.4 is 0 Å². The smallest absolute Gasteiger partial charge is 0.334 e. The molecular weight excluding hydrogens is 228 g/mol. The van der Waals surface area contributed by atoms with Gasteiger partial charge in [-0.2, -0.15) is 0 Å². The van der Waals surface area contributed by atoms with E-state index in [2.05, 4.69) is 13.2 Å². The molecule has 0 aromatic rings. The van der Waals surface area contributed by atoms with Gasteiger partial charge < -0.3 is 9.84 Å². The molecule has 0 spiro atoms. The molecule has 3 atom stereocenters. The number of carbonyl (C=O) groups is 1. The van der Waals surface area contributed by atoms with Crippen LogP contribution >= 0.6 is 0 Å². The molecule has 3 heteroatoms. The van der Waals surface area contributed by atoms with Gasteiger partial charge in [0.15, 0.2) is 0 Å². The molecule has 98 valence electrons. The second-order valence-corrected chi connectivity index (χ2v) is 5.27. The van der Waals surface area contributed by atoms with Crippen molar-refractivity contribution in [3.63, 3.8) is 0 Å². The van der Waals surface area contributed by atoms with Gasteiger partial charge in [0.2, 0.25) is 0 Å². The van der Waals surface area contributed by atoms with E-state index in [0.717, 1.165) is 24.0 Å². The minimum absolute atomic E-state index is 0.0227. The molecule has 0 aromatic carbocycles. The summed E-state index contributed by atoms with van der Waals surface area (Å²) in [4.78, 5) is 11.6. The number of aliphatic hydroxyl groups excluding tert-OH is 1. The first kappa shape index (κ1) is 13.1. The van der Waals surface area contributed by atoms with Crippen LogP contribution in [0.3, 0.4) is 0 Å². The van der Waals surface area contributed by atoms with E-state index in [9.17, 15) is 9.90 Å². The Kier molecular flexibility index (Phi) is 3.71. The topological polar surface area (TPSA) is 46.5 Å². The van der Waals surface area contributed by atoms with Crippen molar-refractivity contribution in [1.82, 2.24) is 0 Å². The molecule has 2 aliphatic rings. The Morgan fingerprint density at radius 1 is 1.33 bits per heavy atom. The van der Waals surface area contributed by atoms with Gasteiger partial charge in [-0.3, -0.25) is 0 Å². The van der Waals surface area contributed by atoms with Crippen LogP contribution in [0.2, 0.25) is 0 Å². The Morgan fingerprint density at radius 2 is 2.06 bits per heavy atom. The van der Waals surface area contributed by atoms with Gasteiger partial charge in [-0.05, 0) is 44.3 Å². The fraction of sp³-hybridized carbons (Fsp3) is 0.533. The number of rotatable bonds is 0. The number of fused-ring (bicyclic) bond motifs is 1. The molecule has 0 amide bonds. The van der Waals surface area contributed by atoms with Crippen LogP contribution in [-0.2, 0) is 9.53 Å². The third-order valence-electron chi connectivity index (χ3n) is 3.86. The zero-order chi connectivity index (χ0) is 13.3. The van der Waals surface area contributed by atoms with E-state index >= 15 is 0 Å². The van der Waals surface area contributed by atoms with Gasteiger partial charge in [-0.25, -0.2) is 4.79 Å². The van der Waals surface area contributed by atoms with Crippen LogP contribution in [0.4, 0.5) is 0 Å². The van der Waals surface area contributed by atoms with Crippen LogP contribution in [0, 0.1) is 5.92 Å². The van der Waals surface area contributed by atoms with Crippen LogP contribution in [0.5, 0.6) is 0 Å². The third kappa shape index (κ3) is 2.56. The first-order valence-corrected chi connectivity index (χ1v) is 6.42. The summed E-state index contributed by atoms with van der Waals surface area (Å²) in [5, 5.41) is 9.93. The van der Waals surface area contributed by atoms with E-state index in [-0.39, 0.29) is 18.0 Å². The molecule has 0 saturated carbocycles. The molecule has 1 aliphatic heterocycles. The Morgan fingerprint density at radius 3 is 2.78 bits per heavy atom. The number of ether oxygens (including phenoxy) is 1. The second-order valence-electron chi connectivity index (χ2n) is 5.27. The summed E-state index contributed by atoms with van der Waals surface area (Å²) in [7, 11) is 0. The minimum Gasteiger partial charge on any atom is -0.454 e. The minimum atomic E-state index is -0.448. The lowest BCUT2D eigenvalue weighted by Gasteiger charge is -2.21. The monoisotopic (exact) mass is 248 g/mol. The van der Waals surface area contributed by atoms with Gasteiger partial charge in [-0.15, -0.1) is 0 Å². The number of hydrogen-bond acceptors (Lipinski definition) is 3. The summed E-state index contributed by atoms with van der Waals surface area (Å²) in [5.41, 5.74) is 2.53. The maximum Gasteiger partial charge on any atom is 0.334 e. The van der Waals surface area contributed by atoms with Gasteiger partial charge in [0.1, 0.15) is 6.10 Å². The molecule has 1 fully saturated rings. The summed E-state index contributed by atoms with van der Waals surface area (Å²) in [6.45, 7) is 9.75. The molecule has 0 aromatic heterocycles. The van der Waals surface area contributed by atoms with Gasteiger partial charge in [-0.1, -0.05) is 18.7 Å². The molecule has 2 rings (SSSR count). The number of hydrogen-bond donors (Lipinski definition) is 1. The van der Waals surface area contributed by atoms with E-state index in [0.29, 0.717) is 18.4 Å². The number of aliphatic hydroxyl groups is 1. The molecule has 0 unspecified atom stereocenters. The number of carbonyl (C=O) groups excluding carboxylic acids is 1. The molecule has 1 N–H and O–H groups in total. The average molecular weight is 248 g/mol. The lowest BCUT2D eigenvalue weighted by molar-refractivity contribution is -0.137. The summed E-state index contributed by atoms with van der Waals surface area (Å²) < 4.78 is 5.33. The summed E-state index contributed by atoms with van der Waals surface area (Å²) in [5.74, 6) is -0.269. The zero-order valence-electron chi connectivity index (χ0n) is 10.8. The number of allylic oxidation sites excluding steroid dienone is 1. The van der Waals surface area contributed by atoms with Crippen molar-refractivity contribution < 1.29 is 14.6 Å². The Hall–Kier alpha value is -1.35. The maximum atomic E-state index is 11.6. The van der Waals surface area contributed by atoms with Crippen molar-refractivity contribution in [2.75, 3.05) is 0 Å². The lowest BCUT2D eigenvalue weighted by Crippen LogP contribution is -2.18. The fourth-order valence-corrected chi connectivity index (χ4v) is 2.56. The van der Waals surface area contributed by atoms with Crippen LogP contribution in [0.15, 0.2) is 36.0 Å². The molecule has 0 bridgehead atoms. The molecule has 1 saturated heterocycles. The van der Waals surface area contributed by atoms with Gasteiger partial charge >= 0.3 is 5.97 Å². The fourth-order valence-electron chi connectivity index (χ4n) is 2.56. The molecule has 18 heavy (non-hydrogen) atoms. The van der Waals surface area contributed by atoms with E-state index < -0.39 is 6.10 Å². The Labute approximate surface area is 108 Å². The molecule has 3 nitrogen and oxygen atoms in total. The van der Waals surface area contributed by atoms with Crippen molar-refractivity contribution in [1.29, 1.82) is 0 Å². The highest BCUT2D eigenvalue weighted by Gasteiger charge is 2.37. The molecule has 1 aliphatic carbocycles. The van der Waals surface area contributed by atoms with Gasteiger partial charge in [0.05, 0.1) is 6.10 Å². The highest BCUT2D eigenvalue weighted by molar-refractivity contribution is 5.91. The van der Waals surface area contributed by atoms with E-state index in [4.69, 9.17) is 4.74 Å². The molecular formula is C15H20O3. The first-order valence-electron chi connectivity index (χ1n) is 6.42. The van der Waals surface area contributed by atoms with Gasteiger partial charge in [0, 0.05) is 11.5 Å². The zero-order valence-corrected chi connectivity index (χ0v) is 10.8. The van der Waals surface area contributed by atoms with E-state index in [1.54, 1.807) is 0 Å². The highest BCUT2D eigenvalue weighted by atomic mass is 16.5. The lowest BCUT2D eigenvalue weighted by atomic mass is 9.86. The van der Waals surface area contributed by atoms with Crippen LogP contribution in [0.25, 0.3) is 0 Å².